The van der Waals surface area contributed by atoms with Crippen molar-refractivity contribution in [3.63, 3.8) is 0 Å². The van der Waals surface area contributed by atoms with Crippen molar-refractivity contribution < 1.29 is 0 Å². The molecule has 1 aliphatic heterocycles. The van der Waals surface area contributed by atoms with Crippen LogP contribution in [0.2, 0.25) is 5.15 Å². The summed E-state index contributed by atoms with van der Waals surface area (Å²) in [7, 11) is 1.84. The average Bonchev–Trinajstić information content (AvgIpc) is 2.26. The molecule has 3 rings (SSSR count). The number of hydrazone groups is 1. The first-order valence-corrected chi connectivity index (χ1v) is 4.88. The number of rotatable bonds is 0. The minimum Gasteiger partial charge on any atom is -0.249 e. The third-order valence-corrected chi connectivity index (χ3v) is 2.73. The molecule has 0 saturated carbocycles. The summed E-state index contributed by atoms with van der Waals surface area (Å²) in [5, 5.41) is 16.2. The Hall–Kier alpha value is -1.68. The van der Waals surface area contributed by atoms with Crippen LogP contribution in [0.1, 0.15) is 5.56 Å². The molecule has 0 bridgehead atoms. The van der Waals surface area contributed by atoms with Gasteiger partial charge in [-0.25, -0.2) is 5.01 Å². The molecule has 4 nitrogen and oxygen atoms in total. The van der Waals surface area contributed by atoms with Crippen LogP contribution in [0.4, 0.5) is 5.82 Å². The molecule has 2 aromatic rings. The Morgan fingerprint density at radius 2 is 2.13 bits per heavy atom. The molecule has 0 radical (unpaired) electrons. The molecular formula is C10H7ClN4. The van der Waals surface area contributed by atoms with Crippen molar-refractivity contribution in [2.75, 3.05) is 12.1 Å². The fourth-order valence-corrected chi connectivity index (χ4v) is 1.92. The van der Waals surface area contributed by atoms with E-state index in [1.165, 1.54) is 0 Å². The summed E-state index contributed by atoms with van der Waals surface area (Å²) in [4.78, 5) is 0. The van der Waals surface area contributed by atoms with Crippen LogP contribution in [-0.4, -0.2) is 23.5 Å². The van der Waals surface area contributed by atoms with Gasteiger partial charge in [-0.05, 0) is 0 Å². The third-order valence-electron chi connectivity index (χ3n) is 2.45. The van der Waals surface area contributed by atoms with Crippen molar-refractivity contribution >= 4 is 34.4 Å². The zero-order chi connectivity index (χ0) is 10.4. The van der Waals surface area contributed by atoms with Crippen LogP contribution < -0.4 is 5.01 Å². The molecule has 1 aromatic heterocycles. The zero-order valence-electron chi connectivity index (χ0n) is 7.98. The Kier molecular flexibility index (Phi) is 1.67. The fourth-order valence-electron chi connectivity index (χ4n) is 1.72. The first kappa shape index (κ1) is 8.61. The van der Waals surface area contributed by atoms with Gasteiger partial charge in [-0.3, -0.25) is 0 Å². The number of aromatic nitrogens is 2. The van der Waals surface area contributed by atoms with E-state index in [-0.39, 0.29) is 0 Å². The van der Waals surface area contributed by atoms with Crippen LogP contribution in [0.15, 0.2) is 23.3 Å². The van der Waals surface area contributed by atoms with Gasteiger partial charge in [0.25, 0.3) is 0 Å². The van der Waals surface area contributed by atoms with Gasteiger partial charge in [-0.2, -0.15) is 5.10 Å². The predicted molar refractivity (Wildman–Crippen MR) is 60.5 cm³/mol. The average molecular weight is 219 g/mol. The molecule has 0 aliphatic carbocycles. The predicted octanol–water partition coefficient (Wildman–Crippen LogP) is 2.07. The normalized spacial score (nSPS) is 13.6. The monoisotopic (exact) mass is 218 g/mol. The summed E-state index contributed by atoms with van der Waals surface area (Å²) < 4.78 is 0. The Bertz CT molecular complexity index is 579. The van der Waals surface area contributed by atoms with Crippen LogP contribution in [0, 0.1) is 0 Å². The van der Waals surface area contributed by atoms with Gasteiger partial charge < -0.3 is 0 Å². The largest absolute Gasteiger partial charge is 0.249 e. The summed E-state index contributed by atoms with van der Waals surface area (Å²) in [6, 6.07) is 5.86. The Balaban J connectivity index is 2.53. The highest BCUT2D eigenvalue weighted by Crippen LogP contribution is 2.32. The summed E-state index contributed by atoms with van der Waals surface area (Å²) in [5.41, 5.74) is 1.03. The molecule has 0 atom stereocenters. The first-order chi connectivity index (χ1) is 7.27. The summed E-state index contributed by atoms with van der Waals surface area (Å²) in [5.74, 6) is 0.743. The van der Waals surface area contributed by atoms with E-state index in [9.17, 15) is 0 Å². The van der Waals surface area contributed by atoms with E-state index in [1.54, 1.807) is 11.2 Å². The molecular weight excluding hydrogens is 212 g/mol. The first-order valence-electron chi connectivity index (χ1n) is 4.50. The quantitative estimate of drug-likeness (QED) is 0.680. The molecule has 1 aromatic carbocycles. The lowest BCUT2D eigenvalue weighted by molar-refractivity contribution is 0.930. The number of hydrogen-bond acceptors (Lipinski definition) is 4. The molecule has 2 heterocycles. The van der Waals surface area contributed by atoms with E-state index < -0.39 is 0 Å². The highest BCUT2D eigenvalue weighted by atomic mass is 35.5. The van der Waals surface area contributed by atoms with Gasteiger partial charge >= 0.3 is 0 Å². The van der Waals surface area contributed by atoms with Crippen molar-refractivity contribution in [1.29, 1.82) is 0 Å². The van der Waals surface area contributed by atoms with E-state index in [0.29, 0.717) is 5.15 Å². The van der Waals surface area contributed by atoms with E-state index in [1.807, 2.05) is 25.2 Å². The molecule has 74 valence electrons. The maximum Gasteiger partial charge on any atom is 0.179 e. The molecule has 0 spiro atoms. The lowest BCUT2D eigenvalue weighted by Gasteiger charge is -2.18. The zero-order valence-corrected chi connectivity index (χ0v) is 8.73. The Morgan fingerprint density at radius 1 is 1.27 bits per heavy atom. The summed E-state index contributed by atoms with van der Waals surface area (Å²) in [6.07, 6.45) is 1.80. The second-order valence-electron chi connectivity index (χ2n) is 3.35. The lowest BCUT2D eigenvalue weighted by atomic mass is 10.1. The number of benzene rings is 1. The van der Waals surface area contributed by atoms with E-state index >= 15 is 0 Å². The van der Waals surface area contributed by atoms with E-state index in [4.69, 9.17) is 11.6 Å². The van der Waals surface area contributed by atoms with E-state index in [0.717, 1.165) is 22.2 Å². The SMILES string of the molecule is CN1N=Cc2cccc3c(Cl)nnc1c23. The fraction of sp³-hybridized carbons (Fsp3) is 0.100. The highest BCUT2D eigenvalue weighted by Gasteiger charge is 2.16. The van der Waals surface area contributed by atoms with Crippen LogP contribution in [0.25, 0.3) is 10.8 Å². The second kappa shape index (κ2) is 2.90. The van der Waals surface area contributed by atoms with Crippen molar-refractivity contribution in [3.05, 3.63) is 28.9 Å². The van der Waals surface area contributed by atoms with Crippen LogP contribution in [0.3, 0.4) is 0 Å². The third kappa shape index (κ3) is 1.11. The summed E-state index contributed by atoms with van der Waals surface area (Å²) >= 11 is 5.99. The Labute approximate surface area is 91.2 Å². The Morgan fingerprint density at radius 3 is 3.00 bits per heavy atom. The van der Waals surface area contributed by atoms with Crippen LogP contribution in [-0.2, 0) is 0 Å². The van der Waals surface area contributed by atoms with Gasteiger partial charge in [0, 0.05) is 23.4 Å². The highest BCUT2D eigenvalue weighted by molar-refractivity contribution is 6.35. The topological polar surface area (TPSA) is 41.4 Å². The maximum atomic E-state index is 5.99. The van der Waals surface area contributed by atoms with Crippen molar-refractivity contribution in [2.45, 2.75) is 0 Å². The molecule has 0 N–H and O–H groups in total. The number of anilines is 1. The van der Waals surface area contributed by atoms with Crippen molar-refractivity contribution in [2.24, 2.45) is 5.10 Å². The van der Waals surface area contributed by atoms with E-state index in [2.05, 4.69) is 15.3 Å². The number of hydrogen-bond donors (Lipinski definition) is 0. The lowest BCUT2D eigenvalue weighted by Crippen LogP contribution is -2.16. The van der Waals surface area contributed by atoms with Crippen LogP contribution >= 0.6 is 11.6 Å². The second-order valence-corrected chi connectivity index (χ2v) is 3.71. The molecule has 0 amide bonds. The number of halogens is 1. The molecule has 5 heteroatoms. The number of nitrogens with zero attached hydrogens (tertiary/aromatic N) is 4. The van der Waals surface area contributed by atoms with Crippen molar-refractivity contribution in [3.8, 4) is 0 Å². The van der Waals surface area contributed by atoms with Gasteiger partial charge in [0.05, 0.1) is 6.21 Å². The van der Waals surface area contributed by atoms with Gasteiger partial charge in [-0.15, -0.1) is 10.2 Å². The van der Waals surface area contributed by atoms with Crippen molar-refractivity contribution in [1.82, 2.24) is 10.2 Å². The maximum absolute atomic E-state index is 5.99. The molecule has 0 unspecified atom stereocenters. The van der Waals surface area contributed by atoms with Crippen LogP contribution in [0.5, 0.6) is 0 Å². The standard InChI is InChI=1S/C10H7ClN4/c1-15-10-8-6(5-12-15)3-2-4-7(8)9(11)13-14-10/h2-5H,1H3. The molecule has 15 heavy (non-hydrogen) atoms. The summed E-state index contributed by atoms with van der Waals surface area (Å²) in [6.45, 7) is 0. The van der Waals surface area contributed by atoms with Gasteiger partial charge in [-0.1, -0.05) is 29.8 Å². The molecule has 1 aliphatic rings. The molecule has 0 saturated heterocycles. The van der Waals surface area contributed by atoms with Gasteiger partial charge in [0.2, 0.25) is 0 Å². The molecule has 0 fully saturated rings. The smallest absolute Gasteiger partial charge is 0.179 e. The minimum absolute atomic E-state index is 0.430. The van der Waals surface area contributed by atoms with Gasteiger partial charge in [0.15, 0.2) is 11.0 Å². The van der Waals surface area contributed by atoms with Gasteiger partial charge in [0.1, 0.15) is 0 Å². The minimum atomic E-state index is 0.430.